The van der Waals surface area contributed by atoms with Crippen LogP contribution in [-0.4, -0.2) is 45.4 Å². The molecular weight excluding hydrogens is 189 g/mol. The first-order chi connectivity index (χ1) is 5.37. The molecule has 1 unspecified atom stereocenters. The fourth-order valence-corrected chi connectivity index (χ4v) is 0.796. The summed E-state index contributed by atoms with van der Waals surface area (Å²) in [5.41, 5.74) is 5.16. The quantitative estimate of drug-likeness (QED) is 0.318. The minimum absolute atomic E-state index is 0.508. The Hall–Kier alpha value is -0.0100. The molecule has 0 aromatic heterocycles. The van der Waals surface area contributed by atoms with Gasteiger partial charge in [-0.3, -0.25) is 4.52 Å². The van der Waals surface area contributed by atoms with Gasteiger partial charge in [0.1, 0.15) is 0 Å². The van der Waals surface area contributed by atoms with E-state index in [2.05, 4.69) is 4.52 Å². The van der Waals surface area contributed by atoms with Gasteiger partial charge in [-0.2, -0.15) is 0 Å². The van der Waals surface area contributed by atoms with Gasteiger partial charge in [0.05, 0.1) is 25.4 Å². The highest BCUT2D eigenvalue weighted by atomic mass is 31.2. The average Bonchev–Trinajstić information content (AvgIpc) is 1.97. The van der Waals surface area contributed by atoms with E-state index in [9.17, 15) is 4.57 Å². The van der Waals surface area contributed by atoms with Gasteiger partial charge in [-0.15, -0.1) is 0 Å². The minimum atomic E-state index is -4.54. The van der Waals surface area contributed by atoms with Gasteiger partial charge in [0.15, 0.2) is 0 Å². The van der Waals surface area contributed by atoms with Crippen LogP contribution in [0, 0.1) is 0 Å². The fraction of sp³-hybridized carbons (Fsp3) is 1.00. The van der Waals surface area contributed by atoms with Gasteiger partial charge in [0, 0.05) is 0 Å². The van der Waals surface area contributed by atoms with Crippen LogP contribution < -0.4 is 5.73 Å². The second kappa shape index (κ2) is 4.88. The average molecular weight is 201 g/mol. The number of nitrogens with two attached hydrogens (primary N) is 1. The summed E-state index contributed by atoms with van der Waals surface area (Å²) in [4.78, 5) is 16.4. The molecule has 0 aliphatic rings. The Morgan fingerprint density at radius 1 is 1.50 bits per heavy atom. The van der Waals surface area contributed by atoms with Crippen molar-refractivity contribution < 1.29 is 29.1 Å². The third-order valence-electron chi connectivity index (χ3n) is 1.12. The molecule has 0 fully saturated rings. The van der Waals surface area contributed by atoms with Crippen molar-refractivity contribution in [2.75, 3.05) is 13.2 Å². The normalized spacial score (nSPS) is 17.4. The van der Waals surface area contributed by atoms with Gasteiger partial charge in [0.25, 0.3) is 0 Å². The lowest BCUT2D eigenvalue weighted by Gasteiger charge is -2.16. The van der Waals surface area contributed by atoms with Gasteiger partial charge in [-0.1, -0.05) is 0 Å². The van der Waals surface area contributed by atoms with Crippen LogP contribution in [0.1, 0.15) is 0 Å². The second-order valence-corrected chi connectivity index (χ2v) is 3.44. The molecule has 0 amide bonds. The maximum Gasteiger partial charge on any atom is 0.469 e. The molecule has 74 valence electrons. The Labute approximate surface area is 69.0 Å². The molecule has 2 atom stereocenters. The maximum atomic E-state index is 10.1. The third kappa shape index (κ3) is 5.62. The molecule has 0 saturated carbocycles. The molecule has 8 heteroatoms. The van der Waals surface area contributed by atoms with E-state index in [-0.39, 0.29) is 0 Å². The van der Waals surface area contributed by atoms with Crippen LogP contribution in [0.2, 0.25) is 0 Å². The van der Waals surface area contributed by atoms with Crippen LogP contribution in [0.5, 0.6) is 0 Å². The number of aliphatic hydroxyl groups is 2. The van der Waals surface area contributed by atoms with E-state index in [0.29, 0.717) is 0 Å². The number of rotatable bonds is 5. The molecule has 0 rings (SSSR count). The van der Waals surface area contributed by atoms with E-state index >= 15 is 0 Å². The predicted molar refractivity (Wildman–Crippen MR) is 39.1 cm³/mol. The van der Waals surface area contributed by atoms with Crippen LogP contribution in [0.4, 0.5) is 0 Å². The molecule has 7 nitrogen and oxygen atoms in total. The molecular formula is C4H12NO6P. The monoisotopic (exact) mass is 201 g/mol. The number of aliphatic hydroxyl groups excluding tert-OH is 2. The highest BCUT2D eigenvalue weighted by molar-refractivity contribution is 7.46. The smallest absolute Gasteiger partial charge is 0.394 e. The molecule has 0 saturated heterocycles. The van der Waals surface area contributed by atoms with Crippen LogP contribution in [0.25, 0.3) is 0 Å². The summed E-state index contributed by atoms with van der Waals surface area (Å²) in [5.74, 6) is 0. The molecule has 0 aliphatic heterocycles. The summed E-state index contributed by atoms with van der Waals surface area (Å²) in [5, 5.41) is 17.2. The van der Waals surface area contributed by atoms with Gasteiger partial charge in [0.2, 0.25) is 0 Å². The minimum Gasteiger partial charge on any atom is -0.394 e. The number of phosphoric ester groups is 1. The molecule has 6 N–H and O–H groups in total. The standard InChI is InChI=1S/C4H12NO6P/c5-3(4(7)1-6)2-11-12(8,9)10/h3-4,6-7H,1-2,5H2,(H2,8,9,10)/t3-,4?/m1/s1. The van der Waals surface area contributed by atoms with Gasteiger partial charge in [-0.25, -0.2) is 4.57 Å². The van der Waals surface area contributed by atoms with E-state index in [1.807, 2.05) is 0 Å². The highest BCUT2D eigenvalue weighted by Gasteiger charge is 2.20. The first kappa shape index (κ1) is 12.0. The lowest BCUT2D eigenvalue weighted by Crippen LogP contribution is -2.40. The van der Waals surface area contributed by atoms with E-state index in [0.717, 1.165) is 0 Å². The second-order valence-electron chi connectivity index (χ2n) is 2.20. The van der Waals surface area contributed by atoms with Crippen molar-refractivity contribution in [1.29, 1.82) is 0 Å². The van der Waals surface area contributed by atoms with Crippen molar-refractivity contribution in [3.63, 3.8) is 0 Å². The summed E-state index contributed by atoms with van der Waals surface area (Å²) < 4.78 is 14.1. The summed E-state index contributed by atoms with van der Waals surface area (Å²) >= 11 is 0. The molecule has 0 heterocycles. The van der Waals surface area contributed by atoms with Crippen molar-refractivity contribution >= 4 is 7.82 Å². The Morgan fingerprint density at radius 2 is 2.00 bits per heavy atom. The molecule has 0 aliphatic carbocycles. The fourth-order valence-electron chi connectivity index (χ4n) is 0.430. The molecule has 0 aromatic carbocycles. The Bertz CT molecular complexity index is 169. The zero-order chi connectivity index (χ0) is 9.78. The summed E-state index contributed by atoms with van der Waals surface area (Å²) in [6.07, 6.45) is -1.24. The topological polar surface area (TPSA) is 133 Å². The molecule has 0 spiro atoms. The summed E-state index contributed by atoms with van der Waals surface area (Å²) in [7, 11) is -4.54. The molecule has 0 aromatic rings. The van der Waals surface area contributed by atoms with Crippen LogP contribution >= 0.6 is 7.82 Å². The van der Waals surface area contributed by atoms with E-state index < -0.39 is 33.2 Å². The maximum absolute atomic E-state index is 10.1. The first-order valence-corrected chi connectivity index (χ1v) is 4.64. The van der Waals surface area contributed by atoms with Crippen molar-refractivity contribution in [1.82, 2.24) is 0 Å². The SMILES string of the molecule is N[C@H](COP(=O)(O)O)C(O)CO. The summed E-state index contributed by atoms with van der Waals surface area (Å²) in [6.45, 7) is -1.09. The zero-order valence-electron chi connectivity index (χ0n) is 6.20. The van der Waals surface area contributed by atoms with Gasteiger partial charge < -0.3 is 25.7 Å². The Kier molecular flexibility index (Phi) is 4.88. The van der Waals surface area contributed by atoms with Crippen LogP contribution in [0.3, 0.4) is 0 Å². The Balaban J connectivity index is 3.71. The lowest BCUT2D eigenvalue weighted by molar-refractivity contribution is 0.0531. The van der Waals surface area contributed by atoms with E-state index in [1.54, 1.807) is 0 Å². The lowest BCUT2D eigenvalue weighted by atomic mass is 10.2. The van der Waals surface area contributed by atoms with E-state index in [1.165, 1.54) is 0 Å². The summed E-state index contributed by atoms with van der Waals surface area (Å²) in [6, 6.07) is -1.01. The van der Waals surface area contributed by atoms with Crippen molar-refractivity contribution in [3.05, 3.63) is 0 Å². The zero-order valence-corrected chi connectivity index (χ0v) is 7.09. The number of phosphoric acid groups is 1. The molecule has 12 heavy (non-hydrogen) atoms. The first-order valence-electron chi connectivity index (χ1n) is 3.11. The van der Waals surface area contributed by atoms with Crippen molar-refractivity contribution in [2.45, 2.75) is 12.1 Å². The van der Waals surface area contributed by atoms with Crippen LogP contribution in [-0.2, 0) is 9.09 Å². The van der Waals surface area contributed by atoms with Gasteiger partial charge in [-0.05, 0) is 0 Å². The molecule has 0 radical (unpaired) electrons. The van der Waals surface area contributed by atoms with Crippen molar-refractivity contribution in [2.24, 2.45) is 5.73 Å². The van der Waals surface area contributed by atoms with Crippen LogP contribution in [0.15, 0.2) is 0 Å². The van der Waals surface area contributed by atoms with Crippen molar-refractivity contribution in [3.8, 4) is 0 Å². The van der Waals surface area contributed by atoms with E-state index in [4.69, 9.17) is 25.7 Å². The number of hydrogen-bond acceptors (Lipinski definition) is 5. The predicted octanol–water partition coefficient (Wildman–Crippen LogP) is -2.22. The Morgan fingerprint density at radius 3 is 2.33 bits per heavy atom. The van der Waals surface area contributed by atoms with Gasteiger partial charge >= 0.3 is 7.82 Å². The number of hydrogen-bond donors (Lipinski definition) is 5. The largest absolute Gasteiger partial charge is 0.469 e. The highest BCUT2D eigenvalue weighted by Crippen LogP contribution is 2.35. The molecule has 0 bridgehead atoms. The third-order valence-corrected chi connectivity index (χ3v) is 1.60.